The molecule has 1 atom stereocenters. The van der Waals surface area contributed by atoms with Gasteiger partial charge >= 0.3 is 0 Å². The minimum atomic E-state index is 0.539. The summed E-state index contributed by atoms with van der Waals surface area (Å²) in [5.41, 5.74) is 9.65. The SMILES string of the molecule is CCC1CN(c2cc(N)nc3ccccc23)CCN1Cc1ccccc1. The number of aromatic nitrogens is 1. The second-order valence-corrected chi connectivity index (χ2v) is 7.05. The predicted octanol–water partition coefficient (Wildman–Crippen LogP) is 3.92. The van der Waals surface area contributed by atoms with Gasteiger partial charge in [-0.1, -0.05) is 55.5 Å². The topological polar surface area (TPSA) is 45.4 Å². The van der Waals surface area contributed by atoms with Gasteiger partial charge in [0.1, 0.15) is 5.82 Å². The Balaban J connectivity index is 1.58. The van der Waals surface area contributed by atoms with Crippen LogP contribution in [0.15, 0.2) is 60.7 Å². The number of anilines is 2. The molecule has 1 aliphatic rings. The van der Waals surface area contributed by atoms with Gasteiger partial charge in [-0.2, -0.15) is 0 Å². The number of hydrogen-bond donors (Lipinski definition) is 1. The van der Waals surface area contributed by atoms with Crippen molar-refractivity contribution in [1.82, 2.24) is 9.88 Å². The fourth-order valence-electron chi connectivity index (χ4n) is 3.96. The van der Waals surface area contributed by atoms with E-state index >= 15 is 0 Å². The third-order valence-electron chi connectivity index (χ3n) is 5.36. The number of nitrogens with zero attached hydrogens (tertiary/aromatic N) is 3. The van der Waals surface area contributed by atoms with Crippen molar-refractivity contribution in [3.8, 4) is 0 Å². The quantitative estimate of drug-likeness (QED) is 0.778. The highest BCUT2D eigenvalue weighted by Gasteiger charge is 2.27. The zero-order valence-electron chi connectivity index (χ0n) is 15.3. The standard InChI is InChI=1S/C22H26N4/c1-2-18-16-26(13-12-25(18)15-17-8-4-3-5-9-17)21-14-22(23)24-20-11-7-6-10-19(20)21/h3-11,14,18H,2,12-13,15-16H2,1H3,(H2,23,24). The molecule has 0 amide bonds. The number of rotatable bonds is 4. The van der Waals surface area contributed by atoms with Crippen LogP contribution in [0.5, 0.6) is 0 Å². The van der Waals surface area contributed by atoms with Crippen LogP contribution in [0.1, 0.15) is 18.9 Å². The molecular formula is C22H26N4. The molecule has 1 aromatic heterocycles. The molecule has 4 nitrogen and oxygen atoms in total. The maximum absolute atomic E-state index is 6.08. The maximum Gasteiger partial charge on any atom is 0.126 e. The molecule has 0 radical (unpaired) electrons. The van der Waals surface area contributed by atoms with Crippen molar-refractivity contribution in [2.24, 2.45) is 0 Å². The average Bonchev–Trinajstić information content (AvgIpc) is 2.68. The summed E-state index contributed by atoms with van der Waals surface area (Å²) in [5.74, 6) is 0.596. The van der Waals surface area contributed by atoms with E-state index in [0.29, 0.717) is 11.9 Å². The fourth-order valence-corrected chi connectivity index (χ4v) is 3.96. The molecule has 0 spiro atoms. The molecule has 3 aromatic rings. The first-order valence-corrected chi connectivity index (χ1v) is 9.43. The van der Waals surface area contributed by atoms with E-state index in [9.17, 15) is 0 Å². The summed E-state index contributed by atoms with van der Waals surface area (Å²) in [7, 11) is 0. The Hall–Kier alpha value is -2.59. The second-order valence-electron chi connectivity index (χ2n) is 7.05. The lowest BCUT2D eigenvalue weighted by Gasteiger charge is -2.42. The highest BCUT2D eigenvalue weighted by molar-refractivity contribution is 5.93. The molecule has 1 aliphatic heterocycles. The van der Waals surface area contributed by atoms with Gasteiger partial charge in [0.2, 0.25) is 0 Å². The first-order chi connectivity index (χ1) is 12.7. The fraction of sp³-hybridized carbons (Fsp3) is 0.318. The van der Waals surface area contributed by atoms with E-state index in [-0.39, 0.29) is 0 Å². The minimum Gasteiger partial charge on any atom is -0.384 e. The van der Waals surface area contributed by atoms with Gasteiger partial charge in [-0.15, -0.1) is 0 Å². The molecule has 26 heavy (non-hydrogen) atoms. The summed E-state index contributed by atoms with van der Waals surface area (Å²) in [6.07, 6.45) is 1.14. The molecule has 1 saturated heterocycles. The van der Waals surface area contributed by atoms with Crippen molar-refractivity contribution in [1.29, 1.82) is 0 Å². The van der Waals surface area contributed by atoms with Crippen molar-refractivity contribution in [3.63, 3.8) is 0 Å². The van der Waals surface area contributed by atoms with Crippen LogP contribution in [0, 0.1) is 0 Å². The molecule has 1 fully saturated rings. The third-order valence-corrected chi connectivity index (χ3v) is 5.36. The summed E-state index contributed by atoms with van der Waals surface area (Å²) in [4.78, 5) is 9.57. The largest absolute Gasteiger partial charge is 0.384 e. The monoisotopic (exact) mass is 346 g/mol. The Morgan fingerprint density at radius 3 is 2.62 bits per heavy atom. The Morgan fingerprint density at radius 1 is 1.04 bits per heavy atom. The van der Waals surface area contributed by atoms with Crippen LogP contribution >= 0.6 is 0 Å². The zero-order valence-corrected chi connectivity index (χ0v) is 15.3. The molecule has 0 aliphatic carbocycles. The number of benzene rings is 2. The molecule has 0 saturated carbocycles. The van der Waals surface area contributed by atoms with Gasteiger partial charge in [0.05, 0.1) is 5.52 Å². The van der Waals surface area contributed by atoms with Gasteiger partial charge in [-0.05, 0) is 18.1 Å². The molecule has 4 heteroatoms. The zero-order chi connectivity index (χ0) is 17.9. The number of piperazine rings is 1. The van der Waals surface area contributed by atoms with E-state index in [2.05, 4.69) is 64.2 Å². The summed E-state index contributed by atoms with van der Waals surface area (Å²) in [5, 5.41) is 1.19. The van der Waals surface area contributed by atoms with E-state index in [0.717, 1.165) is 38.1 Å². The smallest absolute Gasteiger partial charge is 0.126 e. The number of para-hydroxylation sites is 1. The first-order valence-electron chi connectivity index (χ1n) is 9.43. The van der Waals surface area contributed by atoms with Crippen LogP contribution in [0.3, 0.4) is 0 Å². The summed E-state index contributed by atoms with van der Waals surface area (Å²) < 4.78 is 0. The minimum absolute atomic E-state index is 0.539. The predicted molar refractivity (Wildman–Crippen MR) is 109 cm³/mol. The van der Waals surface area contributed by atoms with Gasteiger partial charge < -0.3 is 10.6 Å². The Labute approximate surface area is 155 Å². The van der Waals surface area contributed by atoms with E-state index in [4.69, 9.17) is 5.73 Å². The van der Waals surface area contributed by atoms with Crippen LogP contribution in [0.2, 0.25) is 0 Å². The number of pyridine rings is 1. The highest BCUT2D eigenvalue weighted by atomic mass is 15.3. The van der Waals surface area contributed by atoms with Gasteiger partial charge in [-0.3, -0.25) is 4.90 Å². The van der Waals surface area contributed by atoms with Crippen molar-refractivity contribution in [2.45, 2.75) is 25.9 Å². The Bertz CT molecular complexity index is 878. The number of fused-ring (bicyclic) bond motifs is 1. The lowest BCUT2D eigenvalue weighted by atomic mass is 10.1. The Morgan fingerprint density at radius 2 is 1.81 bits per heavy atom. The first kappa shape index (κ1) is 16.9. The summed E-state index contributed by atoms with van der Waals surface area (Å²) >= 11 is 0. The summed E-state index contributed by atoms with van der Waals surface area (Å²) in [6, 6.07) is 21.6. The van der Waals surface area contributed by atoms with Crippen LogP contribution in [0.4, 0.5) is 11.5 Å². The van der Waals surface area contributed by atoms with Crippen molar-refractivity contribution >= 4 is 22.4 Å². The lowest BCUT2D eigenvalue weighted by Crippen LogP contribution is -2.52. The Kier molecular flexibility index (Phi) is 4.76. The second kappa shape index (κ2) is 7.34. The van der Waals surface area contributed by atoms with Crippen molar-refractivity contribution in [2.75, 3.05) is 30.3 Å². The van der Waals surface area contributed by atoms with Gasteiger partial charge in [0.15, 0.2) is 0 Å². The van der Waals surface area contributed by atoms with Crippen LogP contribution in [-0.2, 0) is 6.54 Å². The van der Waals surface area contributed by atoms with Crippen molar-refractivity contribution in [3.05, 3.63) is 66.2 Å². The normalized spacial score (nSPS) is 18.3. The number of nitrogen functional groups attached to an aromatic ring is 1. The molecule has 0 bridgehead atoms. The number of hydrogen-bond acceptors (Lipinski definition) is 4. The van der Waals surface area contributed by atoms with Crippen LogP contribution in [0.25, 0.3) is 10.9 Å². The molecule has 4 rings (SSSR count). The number of nitrogens with two attached hydrogens (primary N) is 1. The van der Waals surface area contributed by atoms with Gasteiger partial charge in [-0.25, -0.2) is 4.98 Å². The average molecular weight is 346 g/mol. The van der Waals surface area contributed by atoms with E-state index < -0.39 is 0 Å². The van der Waals surface area contributed by atoms with Crippen molar-refractivity contribution < 1.29 is 0 Å². The van der Waals surface area contributed by atoms with E-state index in [1.165, 1.54) is 16.6 Å². The molecular weight excluding hydrogens is 320 g/mol. The molecule has 1 unspecified atom stereocenters. The van der Waals surface area contributed by atoms with Gasteiger partial charge in [0, 0.05) is 49.4 Å². The maximum atomic E-state index is 6.08. The third kappa shape index (κ3) is 3.37. The van der Waals surface area contributed by atoms with Gasteiger partial charge in [0.25, 0.3) is 0 Å². The molecule has 2 N–H and O–H groups in total. The molecule has 2 heterocycles. The summed E-state index contributed by atoms with van der Waals surface area (Å²) in [6.45, 7) is 6.40. The molecule has 2 aromatic carbocycles. The van der Waals surface area contributed by atoms with Crippen LogP contribution < -0.4 is 10.6 Å². The van der Waals surface area contributed by atoms with Crippen LogP contribution in [-0.4, -0.2) is 35.6 Å². The van der Waals surface area contributed by atoms with E-state index in [1.807, 2.05) is 18.2 Å². The van der Waals surface area contributed by atoms with E-state index in [1.54, 1.807) is 0 Å². The highest BCUT2D eigenvalue weighted by Crippen LogP contribution is 2.30. The molecule has 134 valence electrons. The lowest BCUT2D eigenvalue weighted by molar-refractivity contribution is 0.164.